The van der Waals surface area contributed by atoms with Gasteiger partial charge >= 0.3 is 0 Å². The predicted octanol–water partition coefficient (Wildman–Crippen LogP) is 4.22. The Morgan fingerprint density at radius 3 is 3.00 bits per heavy atom. The Morgan fingerprint density at radius 2 is 2.18 bits per heavy atom. The summed E-state index contributed by atoms with van der Waals surface area (Å²) in [5, 5.41) is 7.13. The first-order valence-corrected chi connectivity index (χ1v) is 7.37. The second kappa shape index (κ2) is 6.18. The van der Waals surface area contributed by atoms with Crippen LogP contribution in [0.15, 0.2) is 29.6 Å². The lowest BCUT2D eigenvalue weighted by Gasteiger charge is -2.13. The average Bonchev–Trinajstić information content (AvgIpc) is 2.82. The lowest BCUT2D eigenvalue weighted by Crippen LogP contribution is -2.27. The predicted molar refractivity (Wildman–Crippen MR) is 77.9 cm³/mol. The zero-order chi connectivity index (χ0) is 12.1. The van der Waals surface area contributed by atoms with Crippen LogP contribution in [-0.4, -0.2) is 12.6 Å². The summed E-state index contributed by atoms with van der Waals surface area (Å²) in [6, 6.07) is 9.47. The third-order valence-corrected chi connectivity index (χ3v) is 4.16. The molecular formula is C15H21NS. The van der Waals surface area contributed by atoms with Gasteiger partial charge in [0.25, 0.3) is 0 Å². The van der Waals surface area contributed by atoms with Crippen LogP contribution in [0.1, 0.15) is 32.3 Å². The summed E-state index contributed by atoms with van der Waals surface area (Å²) in [6.45, 7) is 5.63. The molecule has 1 aromatic heterocycles. The Kier molecular flexibility index (Phi) is 4.57. The Balaban J connectivity index is 1.96. The summed E-state index contributed by atoms with van der Waals surface area (Å²) in [5.74, 6) is 0. The number of hydrogen-bond acceptors (Lipinski definition) is 2. The first kappa shape index (κ1) is 12.6. The Morgan fingerprint density at radius 1 is 1.29 bits per heavy atom. The van der Waals surface area contributed by atoms with Gasteiger partial charge in [0.1, 0.15) is 0 Å². The van der Waals surface area contributed by atoms with Crippen LogP contribution < -0.4 is 5.32 Å². The second-order valence-corrected chi connectivity index (χ2v) is 5.57. The molecule has 0 aliphatic carbocycles. The molecule has 0 aliphatic heterocycles. The highest BCUT2D eigenvalue weighted by molar-refractivity contribution is 7.17. The number of benzene rings is 1. The van der Waals surface area contributed by atoms with Gasteiger partial charge < -0.3 is 5.32 Å². The molecule has 1 heterocycles. The van der Waals surface area contributed by atoms with Gasteiger partial charge in [-0.2, -0.15) is 0 Å². The maximum Gasteiger partial charge on any atom is 0.0374 e. The second-order valence-electron chi connectivity index (χ2n) is 4.65. The van der Waals surface area contributed by atoms with E-state index in [9.17, 15) is 0 Å². The topological polar surface area (TPSA) is 12.0 Å². The van der Waals surface area contributed by atoms with Crippen LogP contribution in [0.2, 0.25) is 0 Å². The van der Waals surface area contributed by atoms with Crippen LogP contribution in [0, 0.1) is 0 Å². The summed E-state index contributed by atoms with van der Waals surface area (Å²) in [5.41, 5.74) is 1.50. The average molecular weight is 247 g/mol. The van der Waals surface area contributed by atoms with Gasteiger partial charge in [0.2, 0.25) is 0 Å². The van der Waals surface area contributed by atoms with Crippen molar-refractivity contribution in [2.75, 3.05) is 6.54 Å². The summed E-state index contributed by atoms with van der Waals surface area (Å²) in [6.07, 6.45) is 3.61. The molecule has 1 unspecified atom stereocenters. The fraction of sp³-hybridized carbons (Fsp3) is 0.467. The van der Waals surface area contributed by atoms with Gasteiger partial charge in [-0.1, -0.05) is 25.1 Å². The molecule has 0 amide bonds. The third-order valence-electron chi connectivity index (χ3n) is 3.15. The van der Waals surface area contributed by atoms with Crippen molar-refractivity contribution >= 4 is 21.4 Å². The molecule has 0 saturated carbocycles. The van der Waals surface area contributed by atoms with E-state index in [1.807, 2.05) is 11.3 Å². The van der Waals surface area contributed by atoms with Gasteiger partial charge in [-0.3, -0.25) is 0 Å². The van der Waals surface area contributed by atoms with Gasteiger partial charge in [-0.05, 0) is 55.1 Å². The first-order valence-electron chi connectivity index (χ1n) is 6.49. The lowest BCUT2D eigenvalue weighted by atomic mass is 10.0. The molecule has 2 aromatic rings. The van der Waals surface area contributed by atoms with E-state index in [1.165, 1.54) is 34.9 Å². The molecule has 17 heavy (non-hydrogen) atoms. The molecule has 0 bridgehead atoms. The van der Waals surface area contributed by atoms with E-state index in [-0.39, 0.29) is 0 Å². The van der Waals surface area contributed by atoms with Crippen LogP contribution in [0.4, 0.5) is 0 Å². The number of thiophene rings is 1. The molecule has 1 atom stereocenters. The quantitative estimate of drug-likeness (QED) is 0.806. The van der Waals surface area contributed by atoms with Crippen molar-refractivity contribution in [3.8, 4) is 0 Å². The Hall–Kier alpha value is -0.860. The van der Waals surface area contributed by atoms with Gasteiger partial charge in [-0.25, -0.2) is 0 Å². The number of rotatable bonds is 6. The maximum absolute atomic E-state index is 3.55. The smallest absolute Gasteiger partial charge is 0.0374 e. The SMILES string of the molecule is CCCNC(C)CCc1cccc2ccsc12. The molecule has 2 heteroatoms. The zero-order valence-corrected chi connectivity index (χ0v) is 11.5. The summed E-state index contributed by atoms with van der Waals surface area (Å²) < 4.78 is 1.47. The first-order chi connectivity index (χ1) is 8.31. The molecule has 92 valence electrons. The highest BCUT2D eigenvalue weighted by Gasteiger charge is 2.05. The molecule has 0 radical (unpaired) electrons. The van der Waals surface area contributed by atoms with Crippen molar-refractivity contribution < 1.29 is 0 Å². The highest BCUT2D eigenvalue weighted by atomic mass is 32.1. The summed E-state index contributed by atoms with van der Waals surface area (Å²) in [7, 11) is 0. The standard InChI is InChI=1S/C15H21NS/c1-3-10-16-12(2)7-8-13-5-4-6-14-9-11-17-15(13)14/h4-6,9,11-12,16H,3,7-8,10H2,1-2H3. The summed E-state index contributed by atoms with van der Waals surface area (Å²) in [4.78, 5) is 0. The normalized spacial score (nSPS) is 13.1. The van der Waals surface area contributed by atoms with Crippen molar-refractivity contribution in [1.29, 1.82) is 0 Å². The van der Waals surface area contributed by atoms with Crippen molar-refractivity contribution in [3.05, 3.63) is 35.2 Å². The Labute approximate surface area is 108 Å². The van der Waals surface area contributed by atoms with Crippen molar-refractivity contribution in [3.63, 3.8) is 0 Å². The summed E-state index contributed by atoms with van der Waals surface area (Å²) >= 11 is 1.86. The minimum atomic E-state index is 0.616. The number of fused-ring (bicyclic) bond motifs is 1. The monoisotopic (exact) mass is 247 g/mol. The van der Waals surface area contributed by atoms with Crippen molar-refractivity contribution in [2.45, 2.75) is 39.2 Å². The van der Waals surface area contributed by atoms with E-state index in [0.717, 1.165) is 6.54 Å². The van der Waals surface area contributed by atoms with Gasteiger partial charge in [-0.15, -0.1) is 11.3 Å². The lowest BCUT2D eigenvalue weighted by molar-refractivity contribution is 0.514. The molecular weight excluding hydrogens is 226 g/mol. The number of nitrogens with one attached hydrogen (secondary N) is 1. The van der Waals surface area contributed by atoms with Crippen molar-refractivity contribution in [1.82, 2.24) is 5.32 Å². The van der Waals surface area contributed by atoms with E-state index in [2.05, 4.69) is 48.8 Å². The maximum atomic E-state index is 3.55. The fourth-order valence-corrected chi connectivity index (χ4v) is 3.06. The van der Waals surface area contributed by atoms with E-state index >= 15 is 0 Å². The molecule has 0 saturated heterocycles. The third kappa shape index (κ3) is 3.30. The van der Waals surface area contributed by atoms with E-state index < -0.39 is 0 Å². The minimum absolute atomic E-state index is 0.616. The number of aryl methyl sites for hydroxylation is 1. The molecule has 0 fully saturated rings. The van der Waals surface area contributed by atoms with Gasteiger partial charge in [0.05, 0.1) is 0 Å². The molecule has 2 rings (SSSR count). The van der Waals surface area contributed by atoms with Crippen LogP contribution in [0.3, 0.4) is 0 Å². The van der Waals surface area contributed by atoms with Crippen LogP contribution >= 0.6 is 11.3 Å². The van der Waals surface area contributed by atoms with Crippen LogP contribution in [-0.2, 0) is 6.42 Å². The van der Waals surface area contributed by atoms with E-state index in [1.54, 1.807) is 0 Å². The molecule has 1 aromatic carbocycles. The molecule has 1 nitrogen and oxygen atoms in total. The molecule has 0 aliphatic rings. The fourth-order valence-electron chi connectivity index (χ4n) is 2.12. The van der Waals surface area contributed by atoms with Gasteiger partial charge in [0.15, 0.2) is 0 Å². The molecule has 0 spiro atoms. The van der Waals surface area contributed by atoms with Crippen molar-refractivity contribution in [2.24, 2.45) is 0 Å². The molecule has 1 N–H and O–H groups in total. The van der Waals surface area contributed by atoms with E-state index in [4.69, 9.17) is 0 Å². The Bertz CT molecular complexity index is 461. The van der Waals surface area contributed by atoms with Crippen LogP contribution in [0.25, 0.3) is 10.1 Å². The van der Waals surface area contributed by atoms with Gasteiger partial charge in [0, 0.05) is 10.7 Å². The number of hydrogen-bond donors (Lipinski definition) is 1. The highest BCUT2D eigenvalue weighted by Crippen LogP contribution is 2.25. The largest absolute Gasteiger partial charge is 0.314 e. The van der Waals surface area contributed by atoms with E-state index in [0.29, 0.717) is 6.04 Å². The minimum Gasteiger partial charge on any atom is -0.314 e. The zero-order valence-electron chi connectivity index (χ0n) is 10.7. The van der Waals surface area contributed by atoms with Crippen LogP contribution in [0.5, 0.6) is 0 Å².